The van der Waals surface area contributed by atoms with E-state index in [-0.39, 0.29) is 18.1 Å². The number of amides is 1. The van der Waals surface area contributed by atoms with Gasteiger partial charge in [0.15, 0.2) is 0 Å². The number of aliphatic hydroxyl groups excluding tert-OH is 1. The average Bonchev–Trinajstić information content (AvgIpc) is 3.25. The largest absolute Gasteiger partial charge is 0.444 e. The van der Waals surface area contributed by atoms with Gasteiger partial charge in [0.1, 0.15) is 5.60 Å². The molecule has 5 nitrogen and oxygen atoms in total. The summed E-state index contributed by atoms with van der Waals surface area (Å²) in [5, 5.41) is 13.3. The molecule has 0 aromatic carbocycles. The number of nitrogens with zero attached hydrogens (tertiary/aromatic N) is 1. The molecule has 2 N–H and O–H groups in total. The van der Waals surface area contributed by atoms with Crippen LogP contribution in [0.5, 0.6) is 0 Å². The minimum Gasteiger partial charge on any atom is -0.444 e. The van der Waals surface area contributed by atoms with E-state index in [1.165, 1.54) is 19.3 Å². The van der Waals surface area contributed by atoms with Gasteiger partial charge in [-0.05, 0) is 77.0 Å². The highest BCUT2D eigenvalue weighted by Gasteiger charge is 2.42. The molecule has 3 atom stereocenters. The van der Waals surface area contributed by atoms with Crippen LogP contribution in [0.1, 0.15) is 86.0 Å². The molecular formula is C22H42N2O3. The molecular weight excluding hydrogens is 340 g/mol. The fourth-order valence-corrected chi connectivity index (χ4v) is 5.01. The van der Waals surface area contributed by atoms with Gasteiger partial charge < -0.3 is 20.1 Å². The summed E-state index contributed by atoms with van der Waals surface area (Å²) in [6, 6.07) is 0.768. The number of carbonyl (C=O) groups is 1. The number of likely N-dealkylation sites (tertiary alicyclic amines) is 1. The lowest BCUT2D eigenvalue weighted by molar-refractivity contribution is 0.0163. The van der Waals surface area contributed by atoms with Crippen LogP contribution in [0, 0.1) is 11.3 Å². The van der Waals surface area contributed by atoms with Crippen LogP contribution in [-0.4, -0.2) is 53.5 Å². The van der Waals surface area contributed by atoms with Crippen LogP contribution >= 0.6 is 0 Å². The molecule has 158 valence electrons. The first-order chi connectivity index (χ1) is 12.7. The second-order valence-corrected chi connectivity index (χ2v) is 9.65. The van der Waals surface area contributed by atoms with Crippen LogP contribution in [-0.2, 0) is 4.74 Å². The van der Waals surface area contributed by atoms with Gasteiger partial charge >= 0.3 is 6.09 Å². The van der Waals surface area contributed by atoms with E-state index in [1.54, 1.807) is 0 Å². The van der Waals surface area contributed by atoms with Gasteiger partial charge in [-0.1, -0.05) is 20.3 Å². The quantitative estimate of drug-likeness (QED) is 0.656. The number of nitrogens with one attached hydrogen (secondary N) is 1. The predicted molar refractivity (Wildman–Crippen MR) is 110 cm³/mol. The maximum absolute atomic E-state index is 12.7. The topological polar surface area (TPSA) is 61.8 Å². The van der Waals surface area contributed by atoms with Gasteiger partial charge in [-0.2, -0.15) is 0 Å². The van der Waals surface area contributed by atoms with Crippen molar-refractivity contribution >= 4 is 6.09 Å². The maximum Gasteiger partial charge on any atom is 0.410 e. The third kappa shape index (κ3) is 5.83. The summed E-state index contributed by atoms with van der Waals surface area (Å²) in [5.41, 5.74) is -0.258. The molecule has 0 aromatic heterocycles. The maximum atomic E-state index is 12.7. The third-order valence-corrected chi connectivity index (χ3v) is 6.87. The monoisotopic (exact) mass is 382 g/mol. The Hall–Kier alpha value is -0.810. The van der Waals surface area contributed by atoms with Crippen LogP contribution < -0.4 is 5.32 Å². The van der Waals surface area contributed by atoms with Gasteiger partial charge in [0.05, 0.1) is 0 Å². The lowest BCUT2D eigenvalue weighted by Gasteiger charge is -2.37. The second-order valence-electron chi connectivity index (χ2n) is 9.65. The molecule has 1 heterocycles. The van der Waals surface area contributed by atoms with Gasteiger partial charge in [-0.15, -0.1) is 0 Å². The minimum absolute atomic E-state index is 0.146. The van der Waals surface area contributed by atoms with Crippen LogP contribution in [0.25, 0.3) is 0 Å². The third-order valence-electron chi connectivity index (χ3n) is 6.87. The Morgan fingerprint density at radius 2 is 1.85 bits per heavy atom. The van der Waals surface area contributed by atoms with Gasteiger partial charge in [0.2, 0.25) is 0 Å². The molecule has 27 heavy (non-hydrogen) atoms. The van der Waals surface area contributed by atoms with Crippen molar-refractivity contribution in [3.8, 4) is 0 Å². The highest BCUT2D eigenvalue weighted by Crippen LogP contribution is 2.38. The zero-order chi connectivity index (χ0) is 20.1. The van der Waals surface area contributed by atoms with Gasteiger partial charge in [0.25, 0.3) is 0 Å². The Kier molecular flexibility index (Phi) is 7.99. The number of ether oxygens (including phenoxy) is 1. The van der Waals surface area contributed by atoms with E-state index in [0.717, 1.165) is 45.2 Å². The molecule has 1 saturated carbocycles. The van der Waals surface area contributed by atoms with Gasteiger partial charge in [0, 0.05) is 31.8 Å². The van der Waals surface area contributed by atoms with Crippen molar-refractivity contribution in [2.45, 2.75) is 104 Å². The molecule has 1 saturated heterocycles. The molecule has 1 aliphatic carbocycles. The Balaban J connectivity index is 2.01. The number of rotatable bonds is 8. The molecule has 0 radical (unpaired) electrons. The average molecular weight is 383 g/mol. The first-order valence-corrected chi connectivity index (χ1v) is 11.1. The fourth-order valence-electron chi connectivity index (χ4n) is 5.01. The number of hydrogen-bond acceptors (Lipinski definition) is 4. The Labute approximate surface area is 166 Å². The molecule has 2 fully saturated rings. The van der Waals surface area contributed by atoms with Crippen molar-refractivity contribution in [3.63, 3.8) is 0 Å². The van der Waals surface area contributed by atoms with Crippen molar-refractivity contribution in [1.29, 1.82) is 0 Å². The van der Waals surface area contributed by atoms with Crippen molar-refractivity contribution in [2.24, 2.45) is 11.3 Å². The first kappa shape index (κ1) is 22.5. The van der Waals surface area contributed by atoms with E-state index in [4.69, 9.17) is 4.74 Å². The van der Waals surface area contributed by atoms with Crippen LogP contribution in [0.2, 0.25) is 0 Å². The molecule has 2 aliphatic rings. The van der Waals surface area contributed by atoms with E-state index >= 15 is 0 Å². The van der Waals surface area contributed by atoms with Crippen molar-refractivity contribution in [2.75, 3.05) is 19.7 Å². The lowest BCUT2D eigenvalue weighted by Crippen LogP contribution is -2.49. The van der Waals surface area contributed by atoms with Crippen LogP contribution in [0.4, 0.5) is 4.79 Å². The smallest absolute Gasteiger partial charge is 0.410 e. The number of hydrogen-bond donors (Lipinski definition) is 2. The fraction of sp³-hybridized carbons (Fsp3) is 0.955. The summed E-state index contributed by atoms with van der Waals surface area (Å²) in [5.74, 6) is 0.514. The Bertz CT molecular complexity index is 471. The second kappa shape index (κ2) is 9.60. The van der Waals surface area contributed by atoms with Crippen molar-refractivity contribution in [3.05, 3.63) is 0 Å². The molecule has 1 aliphatic heterocycles. The zero-order valence-corrected chi connectivity index (χ0v) is 18.2. The van der Waals surface area contributed by atoms with Crippen molar-refractivity contribution in [1.82, 2.24) is 10.2 Å². The predicted octanol–water partition coefficient (Wildman–Crippen LogP) is 4.33. The number of aliphatic hydroxyl groups is 1. The summed E-state index contributed by atoms with van der Waals surface area (Å²) >= 11 is 0. The van der Waals surface area contributed by atoms with Crippen molar-refractivity contribution < 1.29 is 14.6 Å². The molecule has 2 rings (SSSR count). The van der Waals surface area contributed by atoms with E-state index in [9.17, 15) is 9.90 Å². The molecule has 0 aromatic rings. The molecule has 0 bridgehead atoms. The highest BCUT2D eigenvalue weighted by molar-refractivity contribution is 5.69. The van der Waals surface area contributed by atoms with E-state index in [2.05, 4.69) is 19.2 Å². The summed E-state index contributed by atoms with van der Waals surface area (Å²) in [7, 11) is 0. The van der Waals surface area contributed by atoms with Crippen LogP contribution in [0.15, 0.2) is 0 Å². The van der Waals surface area contributed by atoms with Gasteiger partial charge in [-0.3, -0.25) is 0 Å². The highest BCUT2D eigenvalue weighted by atomic mass is 16.6. The zero-order valence-electron chi connectivity index (χ0n) is 18.2. The lowest BCUT2D eigenvalue weighted by atomic mass is 9.79. The standard InChI is InChI=1S/C22H42N2O3/c1-6-22(7-2,13-15-25)16-23-18-11-8-10-17(18)19-12-9-14-24(19)20(26)27-21(3,4)5/h17-19,23,25H,6-16H2,1-5H3/t17-,18+,19-/m0/s1. The van der Waals surface area contributed by atoms with E-state index in [0.29, 0.717) is 18.0 Å². The molecule has 0 spiro atoms. The molecule has 0 unspecified atom stereocenters. The SMILES string of the molecule is CCC(CC)(CCO)CN[C@@H]1CCC[C@@H]1[C@@H]1CCCN1C(=O)OC(C)(C)C. The Morgan fingerprint density at radius 1 is 1.15 bits per heavy atom. The normalized spacial score (nSPS) is 26.6. The van der Waals surface area contributed by atoms with E-state index in [1.807, 2.05) is 25.7 Å². The summed E-state index contributed by atoms with van der Waals surface area (Å²) in [4.78, 5) is 14.7. The Morgan fingerprint density at radius 3 is 2.44 bits per heavy atom. The number of carbonyl (C=O) groups excluding carboxylic acids is 1. The summed E-state index contributed by atoms with van der Waals surface area (Å²) in [6.45, 7) is 12.3. The molecule has 5 heteroatoms. The molecule has 1 amide bonds. The van der Waals surface area contributed by atoms with Crippen LogP contribution in [0.3, 0.4) is 0 Å². The van der Waals surface area contributed by atoms with Gasteiger partial charge in [-0.25, -0.2) is 4.79 Å². The minimum atomic E-state index is -0.441. The summed E-state index contributed by atoms with van der Waals surface area (Å²) in [6.07, 6.45) is 8.65. The summed E-state index contributed by atoms with van der Waals surface area (Å²) < 4.78 is 5.67. The van der Waals surface area contributed by atoms with E-state index < -0.39 is 5.60 Å². The first-order valence-electron chi connectivity index (χ1n) is 11.1.